The molecule has 29 heavy (non-hydrogen) atoms. The molecule has 3 aromatic carbocycles. The summed E-state index contributed by atoms with van der Waals surface area (Å²) in [6.07, 6.45) is 4.11. The lowest BCUT2D eigenvalue weighted by molar-refractivity contribution is 0.467. The van der Waals surface area contributed by atoms with Gasteiger partial charge in [0.2, 0.25) is 0 Å². The minimum atomic E-state index is 0.381. The van der Waals surface area contributed by atoms with Crippen LogP contribution in [0.5, 0.6) is 0 Å². The van der Waals surface area contributed by atoms with Crippen molar-refractivity contribution in [2.24, 2.45) is 0 Å². The summed E-state index contributed by atoms with van der Waals surface area (Å²) in [5.74, 6) is 0. The molecule has 146 valence electrons. The van der Waals surface area contributed by atoms with Crippen molar-refractivity contribution in [1.29, 1.82) is 0 Å². The fourth-order valence-electron chi connectivity index (χ4n) is 3.81. The third-order valence-corrected chi connectivity index (χ3v) is 5.33. The summed E-state index contributed by atoms with van der Waals surface area (Å²) >= 11 is 0. The van der Waals surface area contributed by atoms with E-state index in [1.807, 2.05) is 18.5 Å². The molecule has 0 aliphatic heterocycles. The first-order valence-corrected chi connectivity index (χ1v) is 10.3. The summed E-state index contributed by atoms with van der Waals surface area (Å²) in [6, 6.07) is 31.9. The molecular weight excluding hydrogens is 354 g/mol. The molecule has 4 rings (SSSR count). The molecular formula is C26H27N3. The van der Waals surface area contributed by atoms with Crippen LogP contribution in [-0.4, -0.2) is 16.1 Å². The fourth-order valence-corrected chi connectivity index (χ4v) is 3.81. The van der Waals surface area contributed by atoms with E-state index in [2.05, 4.69) is 95.7 Å². The summed E-state index contributed by atoms with van der Waals surface area (Å²) < 4.78 is 2.37. The SMILES string of the molecule is CCC(CCNc1ccccc1)n1cnc(-c2ccccc2)c1-c1ccccc1. The molecule has 4 aromatic rings. The highest BCUT2D eigenvalue weighted by Crippen LogP contribution is 2.34. The molecule has 0 fully saturated rings. The van der Waals surface area contributed by atoms with Crippen molar-refractivity contribution in [3.8, 4) is 22.5 Å². The third kappa shape index (κ3) is 4.40. The second kappa shape index (κ2) is 9.24. The largest absolute Gasteiger partial charge is 0.385 e. The molecule has 0 aliphatic rings. The van der Waals surface area contributed by atoms with Gasteiger partial charge in [-0.1, -0.05) is 85.8 Å². The van der Waals surface area contributed by atoms with E-state index in [0.29, 0.717) is 6.04 Å². The average molecular weight is 382 g/mol. The summed E-state index contributed by atoms with van der Waals surface area (Å²) in [6.45, 7) is 3.18. The monoisotopic (exact) mass is 381 g/mol. The lowest BCUT2D eigenvalue weighted by Crippen LogP contribution is -2.14. The van der Waals surface area contributed by atoms with Gasteiger partial charge in [-0.3, -0.25) is 0 Å². The number of hydrogen-bond donors (Lipinski definition) is 1. The van der Waals surface area contributed by atoms with Crippen LogP contribution in [0.3, 0.4) is 0 Å². The number of aromatic nitrogens is 2. The van der Waals surface area contributed by atoms with Crippen LogP contribution >= 0.6 is 0 Å². The van der Waals surface area contributed by atoms with Gasteiger partial charge in [-0.25, -0.2) is 4.98 Å². The van der Waals surface area contributed by atoms with Crippen LogP contribution in [0.2, 0.25) is 0 Å². The molecule has 3 heteroatoms. The topological polar surface area (TPSA) is 29.9 Å². The Morgan fingerprint density at radius 2 is 1.38 bits per heavy atom. The van der Waals surface area contributed by atoms with Crippen LogP contribution in [-0.2, 0) is 0 Å². The zero-order valence-electron chi connectivity index (χ0n) is 16.8. The molecule has 0 spiro atoms. The van der Waals surface area contributed by atoms with E-state index in [-0.39, 0.29) is 0 Å². The van der Waals surface area contributed by atoms with Crippen molar-refractivity contribution in [3.05, 3.63) is 97.3 Å². The van der Waals surface area contributed by atoms with E-state index in [9.17, 15) is 0 Å². The molecule has 1 atom stereocenters. The normalized spacial score (nSPS) is 11.9. The van der Waals surface area contributed by atoms with Crippen molar-refractivity contribution in [2.45, 2.75) is 25.8 Å². The van der Waals surface area contributed by atoms with Gasteiger partial charge in [0.05, 0.1) is 17.7 Å². The van der Waals surface area contributed by atoms with Crippen molar-refractivity contribution < 1.29 is 0 Å². The smallest absolute Gasteiger partial charge is 0.0963 e. The molecule has 3 nitrogen and oxygen atoms in total. The molecule has 0 aliphatic carbocycles. The first-order chi connectivity index (χ1) is 14.4. The fraction of sp³-hybridized carbons (Fsp3) is 0.192. The van der Waals surface area contributed by atoms with Crippen molar-refractivity contribution >= 4 is 5.69 Å². The Morgan fingerprint density at radius 1 is 0.793 bits per heavy atom. The van der Waals surface area contributed by atoms with Gasteiger partial charge in [-0.05, 0) is 25.0 Å². The van der Waals surface area contributed by atoms with Crippen molar-refractivity contribution in [2.75, 3.05) is 11.9 Å². The third-order valence-electron chi connectivity index (χ3n) is 5.33. The average Bonchev–Trinajstić information content (AvgIpc) is 3.23. The van der Waals surface area contributed by atoms with Gasteiger partial charge in [-0.2, -0.15) is 0 Å². The Kier molecular flexibility index (Phi) is 6.06. The number of rotatable bonds is 8. The summed E-state index contributed by atoms with van der Waals surface area (Å²) in [4.78, 5) is 4.84. The Hall–Kier alpha value is -3.33. The van der Waals surface area contributed by atoms with E-state index >= 15 is 0 Å². The lowest BCUT2D eigenvalue weighted by Gasteiger charge is -2.21. The minimum absolute atomic E-state index is 0.381. The quantitative estimate of drug-likeness (QED) is 0.369. The Bertz CT molecular complexity index is 1010. The van der Waals surface area contributed by atoms with E-state index in [4.69, 9.17) is 4.98 Å². The Labute approximate surface area is 173 Å². The van der Waals surface area contributed by atoms with Gasteiger partial charge < -0.3 is 9.88 Å². The van der Waals surface area contributed by atoms with E-state index < -0.39 is 0 Å². The van der Waals surface area contributed by atoms with Crippen LogP contribution in [0.25, 0.3) is 22.5 Å². The maximum Gasteiger partial charge on any atom is 0.0963 e. The van der Waals surface area contributed by atoms with Crippen LogP contribution in [0.4, 0.5) is 5.69 Å². The molecule has 0 bridgehead atoms. The zero-order valence-corrected chi connectivity index (χ0v) is 16.8. The number of imidazole rings is 1. The minimum Gasteiger partial charge on any atom is -0.385 e. The molecule has 1 N–H and O–H groups in total. The van der Waals surface area contributed by atoms with Crippen LogP contribution < -0.4 is 5.32 Å². The molecule has 1 heterocycles. The number of hydrogen-bond acceptors (Lipinski definition) is 2. The molecule has 0 amide bonds. The molecule has 0 saturated carbocycles. The highest BCUT2D eigenvalue weighted by molar-refractivity contribution is 5.78. The second-order valence-corrected chi connectivity index (χ2v) is 7.22. The standard InChI is InChI=1S/C26H27N3/c1-2-24(18-19-27-23-16-10-5-11-17-23)29-20-28-25(21-12-6-3-7-13-21)26(29)22-14-8-4-9-15-22/h3-17,20,24,27H,2,18-19H2,1H3. The van der Waals surface area contributed by atoms with Gasteiger partial charge >= 0.3 is 0 Å². The van der Waals surface area contributed by atoms with E-state index in [1.165, 1.54) is 16.9 Å². The number of nitrogens with one attached hydrogen (secondary N) is 1. The highest BCUT2D eigenvalue weighted by Gasteiger charge is 2.19. The zero-order chi connectivity index (χ0) is 19.9. The highest BCUT2D eigenvalue weighted by atomic mass is 15.1. The summed E-state index contributed by atoms with van der Waals surface area (Å²) in [5.41, 5.74) is 5.77. The van der Waals surface area contributed by atoms with Gasteiger partial charge in [0, 0.05) is 29.4 Å². The number of anilines is 1. The van der Waals surface area contributed by atoms with Crippen LogP contribution in [0, 0.1) is 0 Å². The predicted octanol–water partition coefficient (Wildman–Crippen LogP) is 6.67. The van der Waals surface area contributed by atoms with Crippen molar-refractivity contribution in [3.63, 3.8) is 0 Å². The molecule has 0 saturated heterocycles. The number of benzene rings is 3. The Morgan fingerprint density at radius 3 is 2.00 bits per heavy atom. The van der Waals surface area contributed by atoms with Gasteiger partial charge in [0.25, 0.3) is 0 Å². The predicted molar refractivity (Wildman–Crippen MR) is 122 cm³/mol. The van der Waals surface area contributed by atoms with Gasteiger partial charge in [-0.15, -0.1) is 0 Å². The first kappa shape index (κ1) is 19.0. The maximum absolute atomic E-state index is 4.84. The lowest BCUT2D eigenvalue weighted by atomic mass is 10.0. The number of para-hydroxylation sites is 1. The van der Waals surface area contributed by atoms with Crippen LogP contribution in [0.15, 0.2) is 97.3 Å². The molecule has 0 radical (unpaired) electrons. The van der Waals surface area contributed by atoms with Gasteiger partial charge in [0.15, 0.2) is 0 Å². The second-order valence-electron chi connectivity index (χ2n) is 7.22. The number of nitrogens with zero attached hydrogens (tertiary/aromatic N) is 2. The van der Waals surface area contributed by atoms with Crippen LogP contribution in [0.1, 0.15) is 25.8 Å². The summed E-state index contributed by atoms with van der Waals surface area (Å²) in [5, 5.41) is 3.54. The molecule has 1 unspecified atom stereocenters. The van der Waals surface area contributed by atoms with E-state index in [0.717, 1.165) is 30.6 Å². The molecule has 1 aromatic heterocycles. The Balaban J connectivity index is 1.64. The van der Waals surface area contributed by atoms with Gasteiger partial charge in [0.1, 0.15) is 0 Å². The van der Waals surface area contributed by atoms with E-state index in [1.54, 1.807) is 0 Å². The maximum atomic E-state index is 4.84. The first-order valence-electron chi connectivity index (χ1n) is 10.3. The van der Waals surface area contributed by atoms with Crippen molar-refractivity contribution in [1.82, 2.24) is 9.55 Å². The summed E-state index contributed by atoms with van der Waals surface area (Å²) in [7, 11) is 0.